The fraction of sp³-hybridized carbons (Fsp3) is 0.875. The van der Waals surface area contributed by atoms with Gasteiger partial charge in [0.2, 0.25) is 0 Å². The summed E-state index contributed by atoms with van der Waals surface area (Å²) in [5.41, 5.74) is 0. The minimum absolute atomic E-state index is 0. The van der Waals surface area contributed by atoms with E-state index in [0.29, 0.717) is 12.3 Å². The molecule has 11 heavy (non-hydrogen) atoms. The van der Waals surface area contributed by atoms with Crippen LogP contribution in [0.15, 0.2) is 0 Å². The molecule has 3 heteroatoms. The van der Waals surface area contributed by atoms with Gasteiger partial charge in [0, 0.05) is 6.42 Å². The van der Waals surface area contributed by atoms with Crippen LogP contribution in [0.4, 0.5) is 0 Å². The van der Waals surface area contributed by atoms with Crippen LogP contribution in [0, 0.1) is 5.92 Å². The van der Waals surface area contributed by atoms with Crippen molar-refractivity contribution in [3.05, 3.63) is 0 Å². The van der Waals surface area contributed by atoms with Crippen molar-refractivity contribution in [2.45, 2.75) is 40.2 Å². The standard InChI is InChI=1S/C8H16O2.BrH/c1-6(2)5-8(9)10-7(3)4;/h6-7H,5H2,1-4H3;1H. The molecule has 0 aromatic carbocycles. The molecule has 0 heterocycles. The first-order valence-electron chi connectivity index (χ1n) is 3.72. The fourth-order valence-corrected chi connectivity index (χ4v) is 0.644. The molecule has 0 saturated carbocycles. The van der Waals surface area contributed by atoms with Crippen molar-refractivity contribution in [2.24, 2.45) is 5.92 Å². The van der Waals surface area contributed by atoms with Gasteiger partial charge in [0.15, 0.2) is 0 Å². The zero-order valence-corrected chi connectivity index (χ0v) is 9.30. The molecular formula is C8H17BrO2. The van der Waals surface area contributed by atoms with E-state index in [1.165, 1.54) is 0 Å². The van der Waals surface area contributed by atoms with Crippen molar-refractivity contribution in [3.63, 3.8) is 0 Å². The quantitative estimate of drug-likeness (QED) is 0.690. The number of hydrogen-bond donors (Lipinski definition) is 0. The van der Waals surface area contributed by atoms with E-state index in [1.807, 2.05) is 27.7 Å². The second-order valence-corrected chi connectivity index (χ2v) is 3.14. The molecule has 0 fully saturated rings. The normalized spacial score (nSPS) is 9.64. The lowest BCUT2D eigenvalue weighted by Crippen LogP contribution is -2.12. The van der Waals surface area contributed by atoms with Gasteiger partial charge in [0.05, 0.1) is 6.10 Å². The van der Waals surface area contributed by atoms with Crippen LogP contribution in [-0.2, 0) is 9.53 Å². The highest BCUT2D eigenvalue weighted by atomic mass is 79.9. The lowest BCUT2D eigenvalue weighted by molar-refractivity contribution is -0.148. The number of halogens is 1. The molecule has 0 unspecified atom stereocenters. The third-order valence-corrected chi connectivity index (χ3v) is 0.942. The van der Waals surface area contributed by atoms with Gasteiger partial charge in [-0.05, 0) is 19.8 Å². The summed E-state index contributed by atoms with van der Waals surface area (Å²) in [6, 6.07) is 0. The van der Waals surface area contributed by atoms with Gasteiger partial charge in [-0.1, -0.05) is 13.8 Å². The van der Waals surface area contributed by atoms with Crippen molar-refractivity contribution in [1.82, 2.24) is 0 Å². The summed E-state index contributed by atoms with van der Waals surface area (Å²) in [5, 5.41) is 0. The van der Waals surface area contributed by atoms with Crippen molar-refractivity contribution < 1.29 is 9.53 Å². The Labute approximate surface area is 79.1 Å². The molecule has 0 N–H and O–H groups in total. The zero-order chi connectivity index (χ0) is 8.15. The summed E-state index contributed by atoms with van der Waals surface area (Å²) in [6.07, 6.45) is 0.546. The maximum Gasteiger partial charge on any atom is 0.306 e. The summed E-state index contributed by atoms with van der Waals surface area (Å²) in [7, 11) is 0. The van der Waals surface area contributed by atoms with Gasteiger partial charge in [-0.25, -0.2) is 0 Å². The smallest absolute Gasteiger partial charge is 0.306 e. The number of rotatable bonds is 3. The van der Waals surface area contributed by atoms with Crippen LogP contribution in [0.3, 0.4) is 0 Å². The van der Waals surface area contributed by atoms with Crippen LogP contribution in [0.25, 0.3) is 0 Å². The number of hydrogen-bond acceptors (Lipinski definition) is 2. The van der Waals surface area contributed by atoms with Crippen LogP contribution < -0.4 is 0 Å². The number of carbonyl (C=O) groups excluding carboxylic acids is 1. The van der Waals surface area contributed by atoms with E-state index >= 15 is 0 Å². The number of carbonyl (C=O) groups is 1. The Balaban J connectivity index is 0. The summed E-state index contributed by atoms with van der Waals surface area (Å²) in [4.78, 5) is 10.8. The van der Waals surface area contributed by atoms with E-state index < -0.39 is 0 Å². The molecule has 0 saturated heterocycles. The first-order valence-corrected chi connectivity index (χ1v) is 3.72. The third-order valence-electron chi connectivity index (χ3n) is 0.942. The SMILES string of the molecule is Br.CC(C)CC(=O)OC(C)C. The summed E-state index contributed by atoms with van der Waals surface area (Å²) < 4.78 is 4.92. The van der Waals surface area contributed by atoms with E-state index in [-0.39, 0.29) is 29.1 Å². The highest BCUT2D eigenvalue weighted by molar-refractivity contribution is 8.93. The molecule has 0 bridgehead atoms. The van der Waals surface area contributed by atoms with Crippen molar-refractivity contribution in [1.29, 1.82) is 0 Å². The maximum absolute atomic E-state index is 10.8. The first-order chi connectivity index (χ1) is 4.52. The first kappa shape index (κ1) is 13.5. The average molecular weight is 225 g/mol. The van der Waals surface area contributed by atoms with E-state index in [0.717, 1.165) is 0 Å². The topological polar surface area (TPSA) is 26.3 Å². The predicted molar refractivity (Wildman–Crippen MR) is 51.0 cm³/mol. The molecule has 0 atom stereocenters. The Morgan fingerprint density at radius 3 is 2.00 bits per heavy atom. The van der Waals surface area contributed by atoms with Crippen molar-refractivity contribution in [2.75, 3.05) is 0 Å². The van der Waals surface area contributed by atoms with Gasteiger partial charge in [-0.2, -0.15) is 0 Å². The minimum Gasteiger partial charge on any atom is -0.463 e. The van der Waals surface area contributed by atoms with Gasteiger partial charge in [0.1, 0.15) is 0 Å². The molecule has 0 spiro atoms. The monoisotopic (exact) mass is 224 g/mol. The Morgan fingerprint density at radius 1 is 1.27 bits per heavy atom. The molecule has 0 rings (SSSR count). The lowest BCUT2D eigenvalue weighted by atomic mass is 10.1. The van der Waals surface area contributed by atoms with Gasteiger partial charge in [-0.15, -0.1) is 17.0 Å². The van der Waals surface area contributed by atoms with Crippen LogP contribution in [0.1, 0.15) is 34.1 Å². The Hall–Kier alpha value is -0.0500. The molecule has 0 aliphatic rings. The van der Waals surface area contributed by atoms with E-state index in [2.05, 4.69) is 0 Å². The summed E-state index contributed by atoms with van der Waals surface area (Å²) in [5.74, 6) is 0.302. The largest absolute Gasteiger partial charge is 0.463 e. The van der Waals surface area contributed by atoms with Gasteiger partial charge < -0.3 is 4.74 Å². The second-order valence-electron chi connectivity index (χ2n) is 3.14. The van der Waals surface area contributed by atoms with Crippen LogP contribution in [0.2, 0.25) is 0 Å². The highest BCUT2D eigenvalue weighted by Gasteiger charge is 2.06. The van der Waals surface area contributed by atoms with E-state index in [4.69, 9.17) is 4.74 Å². The predicted octanol–water partition coefficient (Wildman–Crippen LogP) is 2.56. The zero-order valence-electron chi connectivity index (χ0n) is 7.59. The summed E-state index contributed by atoms with van der Waals surface area (Å²) >= 11 is 0. The summed E-state index contributed by atoms with van der Waals surface area (Å²) in [6.45, 7) is 7.72. The van der Waals surface area contributed by atoms with Crippen LogP contribution >= 0.6 is 17.0 Å². The average Bonchev–Trinajstić information content (AvgIpc) is 1.58. The molecular weight excluding hydrogens is 208 g/mol. The van der Waals surface area contributed by atoms with Gasteiger partial charge in [0.25, 0.3) is 0 Å². The van der Waals surface area contributed by atoms with Gasteiger partial charge in [-0.3, -0.25) is 4.79 Å². The fourth-order valence-electron chi connectivity index (χ4n) is 0.644. The molecule has 0 amide bonds. The molecule has 0 aromatic rings. The maximum atomic E-state index is 10.8. The third kappa shape index (κ3) is 9.95. The number of esters is 1. The van der Waals surface area contributed by atoms with Crippen molar-refractivity contribution in [3.8, 4) is 0 Å². The lowest BCUT2D eigenvalue weighted by Gasteiger charge is -2.08. The molecule has 2 nitrogen and oxygen atoms in total. The van der Waals surface area contributed by atoms with Crippen LogP contribution in [-0.4, -0.2) is 12.1 Å². The highest BCUT2D eigenvalue weighted by Crippen LogP contribution is 2.02. The number of ether oxygens (including phenoxy) is 1. The van der Waals surface area contributed by atoms with Gasteiger partial charge >= 0.3 is 5.97 Å². The second kappa shape index (κ2) is 6.65. The Bertz CT molecular complexity index is 98.7. The van der Waals surface area contributed by atoms with E-state index in [9.17, 15) is 4.79 Å². The minimum atomic E-state index is -0.0926. The Morgan fingerprint density at radius 2 is 1.73 bits per heavy atom. The Kier molecular flexibility index (Phi) is 8.18. The molecule has 0 aromatic heterocycles. The molecule has 0 aliphatic carbocycles. The molecule has 68 valence electrons. The van der Waals surface area contributed by atoms with Crippen LogP contribution in [0.5, 0.6) is 0 Å². The van der Waals surface area contributed by atoms with E-state index in [1.54, 1.807) is 0 Å². The molecule has 0 radical (unpaired) electrons. The van der Waals surface area contributed by atoms with Crippen molar-refractivity contribution >= 4 is 23.0 Å². The molecule has 0 aliphatic heterocycles.